The fraction of sp³-hybridized carbons (Fsp3) is 0.533. The van der Waals surface area contributed by atoms with Crippen molar-refractivity contribution < 1.29 is 9.53 Å². The van der Waals surface area contributed by atoms with Gasteiger partial charge in [-0.3, -0.25) is 4.79 Å². The minimum Gasteiger partial charge on any atom is -0.380 e. The van der Waals surface area contributed by atoms with E-state index in [4.69, 9.17) is 10.5 Å². The second-order valence-electron chi connectivity index (χ2n) is 4.78. The molecule has 19 heavy (non-hydrogen) atoms. The minimum atomic E-state index is -0.223. The first-order valence-electron chi connectivity index (χ1n) is 6.73. The van der Waals surface area contributed by atoms with Crippen molar-refractivity contribution in [3.8, 4) is 0 Å². The lowest BCUT2D eigenvalue weighted by molar-refractivity contribution is -0.118. The topological polar surface area (TPSA) is 64.4 Å². The van der Waals surface area contributed by atoms with Gasteiger partial charge in [0, 0.05) is 19.3 Å². The number of amides is 1. The van der Waals surface area contributed by atoms with Crippen LogP contribution in [-0.4, -0.2) is 25.7 Å². The molecular formula is C15H24N2O2. The molecule has 0 aliphatic carbocycles. The first-order chi connectivity index (χ1) is 9.10. The fourth-order valence-electron chi connectivity index (χ4n) is 1.81. The van der Waals surface area contributed by atoms with Crippen LogP contribution in [0.4, 0.5) is 5.69 Å². The molecule has 0 aromatic heterocycles. The smallest absolute Gasteiger partial charge is 0.227 e. The van der Waals surface area contributed by atoms with Crippen LogP contribution in [0.1, 0.15) is 38.2 Å². The number of carbonyl (C=O) groups is 1. The molecule has 0 aliphatic heterocycles. The van der Waals surface area contributed by atoms with E-state index in [1.807, 2.05) is 12.1 Å². The van der Waals surface area contributed by atoms with Crippen molar-refractivity contribution in [1.29, 1.82) is 0 Å². The monoisotopic (exact) mass is 264 g/mol. The predicted octanol–water partition coefficient (Wildman–Crippen LogP) is 2.50. The Morgan fingerprint density at radius 2 is 2.00 bits per heavy atom. The molecular weight excluding hydrogens is 240 g/mol. The van der Waals surface area contributed by atoms with Crippen LogP contribution in [0.15, 0.2) is 24.3 Å². The van der Waals surface area contributed by atoms with Crippen molar-refractivity contribution in [3.63, 3.8) is 0 Å². The maximum atomic E-state index is 11.8. The van der Waals surface area contributed by atoms with Gasteiger partial charge >= 0.3 is 0 Å². The Bertz CT molecular complexity index is 386. The van der Waals surface area contributed by atoms with E-state index in [0.29, 0.717) is 12.5 Å². The maximum absolute atomic E-state index is 11.8. The fourth-order valence-corrected chi connectivity index (χ4v) is 1.81. The summed E-state index contributed by atoms with van der Waals surface area (Å²) in [5.74, 6) is 0.466. The summed E-state index contributed by atoms with van der Waals surface area (Å²) in [5.41, 5.74) is 7.59. The summed E-state index contributed by atoms with van der Waals surface area (Å²) in [6.07, 6.45) is 1.16. The van der Waals surface area contributed by atoms with Crippen LogP contribution in [0, 0.1) is 0 Å². The van der Waals surface area contributed by atoms with E-state index < -0.39 is 0 Å². The molecule has 4 heteroatoms. The third kappa shape index (κ3) is 5.01. The molecule has 0 saturated carbocycles. The number of benzene rings is 1. The summed E-state index contributed by atoms with van der Waals surface area (Å²) in [7, 11) is 1.56. The summed E-state index contributed by atoms with van der Waals surface area (Å²) >= 11 is 0. The summed E-state index contributed by atoms with van der Waals surface area (Å²) in [6.45, 7) is 4.70. The van der Waals surface area contributed by atoms with Crippen LogP contribution in [-0.2, 0) is 9.53 Å². The molecule has 0 radical (unpaired) electrons. The first-order valence-corrected chi connectivity index (χ1v) is 6.73. The van der Waals surface area contributed by atoms with Crippen LogP contribution < -0.4 is 11.1 Å². The Morgan fingerprint density at radius 3 is 2.47 bits per heavy atom. The number of carbonyl (C=O) groups excluding carboxylic acids is 1. The molecule has 1 amide bonds. The van der Waals surface area contributed by atoms with Gasteiger partial charge in [0.05, 0.1) is 12.5 Å². The molecule has 0 aliphatic rings. The van der Waals surface area contributed by atoms with Crippen LogP contribution in [0.2, 0.25) is 0 Å². The van der Waals surface area contributed by atoms with Gasteiger partial charge in [0.15, 0.2) is 0 Å². The number of nitrogens with one attached hydrogen (secondary N) is 1. The van der Waals surface area contributed by atoms with Crippen molar-refractivity contribution >= 4 is 11.6 Å². The van der Waals surface area contributed by atoms with Gasteiger partial charge in [-0.05, 0) is 30.0 Å². The third-order valence-corrected chi connectivity index (χ3v) is 3.39. The summed E-state index contributed by atoms with van der Waals surface area (Å²) < 4.78 is 5.09. The standard InChI is InChI=1S/C15H24N2O2/c1-4-11(2)12-5-7-13(8-6-12)17-15(18)9-14(10-16)19-3/h5-8,11,14H,4,9-10,16H2,1-3H3,(H,17,18). The molecule has 0 spiro atoms. The summed E-state index contributed by atoms with van der Waals surface area (Å²) in [6, 6.07) is 7.98. The maximum Gasteiger partial charge on any atom is 0.227 e. The van der Waals surface area contributed by atoms with Crippen molar-refractivity contribution in [2.75, 3.05) is 19.0 Å². The molecule has 1 aromatic carbocycles. The Balaban J connectivity index is 2.55. The number of methoxy groups -OCH3 is 1. The lowest BCUT2D eigenvalue weighted by Crippen LogP contribution is -2.28. The lowest BCUT2D eigenvalue weighted by Gasteiger charge is -2.13. The molecule has 106 valence electrons. The molecule has 2 atom stereocenters. The summed E-state index contributed by atoms with van der Waals surface area (Å²) in [4.78, 5) is 11.8. The van der Waals surface area contributed by atoms with Gasteiger partial charge in [0.2, 0.25) is 5.91 Å². The van der Waals surface area contributed by atoms with Crippen molar-refractivity contribution in [2.24, 2.45) is 5.73 Å². The number of rotatable bonds is 7. The normalized spacial score (nSPS) is 13.9. The van der Waals surface area contributed by atoms with Crippen molar-refractivity contribution in [1.82, 2.24) is 0 Å². The first kappa shape index (κ1) is 15.7. The van der Waals surface area contributed by atoms with Crippen LogP contribution in [0.5, 0.6) is 0 Å². The van der Waals surface area contributed by atoms with Crippen LogP contribution in [0.3, 0.4) is 0 Å². The molecule has 0 bridgehead atoms. The van der Waals surface area contributed by atoms with E-state index in [0.717, 1.165) is 12.1 Å². The Hall–Kier alpha value is -1.39. The molecule has 0 saturated heterocycles. The van der Waals surface area contributed by atoms with Crippen LogP contribution in [0.25, 0.3) is 0 Å². The van der Waals surface area contributed by atoms with E-state index in [1.54, 1.807) is 7.11 Å². The number of ether oxygens (including phenoxy) is 1. The van der Waals surface area contributed by atoms with E-state index in [9.17, 15) is 4.79 Å². The molecule has 1 aromatic rings. The van der Waals surface area contributed by atoms with Gasteiger partial charge in [-0.25, -0.2) is 0 Å². The summed E-state index contributed by atoms with van der Waals surface area (Å²) in [5, 5.41) is 2.85. The quantitative estimate of drug-likeness (QED) is 0.795. The van der Waals surface area contributed by atoms with Gasteiger partial charge in [-0.1, -0.05) is 26.0 Å². The van der Waals surface area contributed by atoms with E-state index in [2.05, 4.69) is 31.3 Å². The van der Waals surface area contributed by atoms with E-state index in [-0.39, 0.29) is 18.4 Å². The molecule has 4 nitrogen and oxygen atoms in total. The molecule has 2 unspecified atom stereocenters. The number of anilines is 1. The zero-order valence-corrected chi connectivity index (χ0v) is 12.0. The number of hydrogen-bond donors (Lipinski definition) is 2. The van der Waals surface area contributed by atoms with Gasteiger partial charge in [-0.15, -0.1) is 0 Å². The van der Waals surface area contributed by atoms with E-state index in [1.165, 1.54) is 5.56 Å². The third-order valence-electron chi connectivity index (χ3n) is 3.39. The lowest BCUT2D eigenvalue weighted by atomic mass is 9.99. The van der Waals surface area contributed by atoms with Gasteiger partial charge in [-0.2, -0.15) is 0 Å². The molecule has 1 rings (SSSR count). The van der Waals surface area contributed by atoms with Crippen molar-refractivity contribution in [2.45, 2.75) is 38.7 Å². The van der Waals surface area contributed by atoms with Gasteiger partial charge in [0.25, 0.3) is 0 Å². The Labute approximate surface area is 115 Å². The number of nitrogens with two attached hydrogens (primary N) is 1. The van der Waals surface area contributed by atoms with Crippen molar-refractivity contribution in [3.05, 3.63) is 29.8 Å². The average Bonchev–Trinajstić information content (AvgIpc) is 2.44. The Kier molecular flexibility index (Phi) is 6.53. The highest BCUT2D eigenvalue weighted by Gasteiger charge is 2.11. The zero-order chi connectivity index (χ0) is 14.3. The molecule has 0 fully saturated rings. The highest BCUT2D eigenvalue weighted by Crippen LogP contribution is 2.20. The largest absolute Gasteiger partial charge is 0.380 e. The van der Waals surface area contributed by atoms with Crippen LogP contribution >= 0.6 is 0 Å². The molecule has 0 heterocycles. The minimum absolute atomic E-state index is 0.0754. The highest BCUT2D eigenvalue weighted by atomic mass is 16.5. The number of hydrogen-bond acceptors (Lipinski definition) is 3. The zero-order valence-electron chi connectivity index (χ0n) is 12.0. The Morgan fingerprint density at radius 1 is 1.37 bits per heavy atom. The predicted molar refractivity (Wildman–Crippen MR) is 78.2 cm³/mol. The second kappa shape index (κ2) is 7.92. The second-order valence-corrected chi connectivity index (χ2v) is 4.78. The SMILES string of the molecule is CCC(C)c1ccc(NC(=O)CC(CN)OC)cc1. The molecule has 3 N–H and O–H groups in total. The van der Waals surface area contributed by atoms with Gasteiger partial charge < -0.3 is 15.8 Å². The van der Waals surface area contributed by atoms with Gasteiger partial charge in [0.1, 0.15) is 0 Å². The average molecular weight is 264 g/mol. The van der Waals surface area contributed by atoms with E-state index >= 15 is 0 Å². The highest BCUT2D eigenvalue weighted by molar-refractivity contribution is 5.91.